The van der Waals surface area contributed by atoms with E-state index in [1.54, 1.807) is 3.58 Å². The molecular formula is C39H58O4Sn. The summed E-state index contributed by atoms with van der Waals surface area (Å²) in [4.78, 5) is 23.6. The number of hydrogen-bond acceptors (Lipinski definition) is 4. The van der Waals surface area contributed by atoms with E-state index in [1.807, 2.05) is 38.1 Å². The predicted octanol–water partition coefficient (Wildman–Crippen LogP) is 10.2. The van der Waals surface area contributed by atoms with Crippen LogP contribution in [0.2, 0.25) is 13.3 Å². The number of allylic oxidation sites excluding steroid dienone is 2. The second kappa shape index (κ2) is 17.6. The second-order valence-electron chi connectivity index (χ2n) is 13.4. The predicted molar refractivity (Wildman–Crippen MR) is 187 cm³/mol. The van der Waals surface area contributed by atoms with Crippen LogP contribution in [0.15, 0.2) is 54.6 Å². The van der Waals surface area contributed by atoms with Crippen LogP contribution in [0.5, 0.6) is 0 Å². The monoisotopic (exact) mass is 710 g/mol. The summed E-state index contributed by atoms with van der Waals surface area (Å²) in [6.07, 6.45) is 12.9. The van der Waals surface area contributed by atoms with Crippen molar-refractivity contribution in [2.75, 3.05) is 13.2 Å². The number of fused-ring (bicyclic) bond motifs is 1. The van der Waals surface area contributed by atoms with Gasteiger partial charge in [-0.1, -0.05) is 32.1 Å². The molecule has 2 aromatic carbocycles. The fourth-order valence-corrected chi connectivity index (χ4v) is 23.1. The van der Waals surface area contributed by atoms with Crippen molar-refractivity contribution in [3.8, 4) is 0 Å². The summed E-state index contributed by atoms with van der Waals surface area (Å²) in [5.74, 6) is 1.10. The fourth-order valence-electron chi connectivity index (χ4n) is 7.22. The summed E-state index contributed by atoms with van der Waals surface area (Å²) in [5.41, 5.74) is 4.49. The van der Waals surface area contributed by atoms with E-state index in [0.29, 0.717) is 35.7 Å². The topological polar surface area (TPSA) is 52.6 Å². The van der Waals surface area contributed by atoms with Crippen LogP contribution in [0.3, 0.4) is 0 Å². The number of ether oxygens (including phenoxy) is 2. The standard InChI is InChI=1S/C18H22O2.C9H9O2.3C4H9.Sn/c1-4-20-17(19)13-7-5-12(6-8-13)15-10-9-14-11-16(15)18(14,2)3;1-2-11-9(10)8-6-4-3-5-7-8;3*1-3-4-2;/h5-8,10,14,16H,4,9,11H2,1-3H3;4-7H,2H2,1H3;3*1,3-4H2,2H3;. The van der Waals surface area contributed by atoms with Crippen LogP contribution >= 0.6 is 0 Å². The first-order valence-corrected chi connectivity index (χ1v) is 24.9. The maximum atomic E-state index is 11.9. The van der Waals surface area contributed by atoms with Crippen LogP contribution in [0, 0.1) is 17.3 Å². The third kappa shape index (κ3) is 9.01. The Bertz CT molecular complexity index is 1190. The first-order valence-electron chi connectivity index (χ1n) is 17.4. The Hall–Kier alpha value is -2.08. The number of esters is 2. The van der Waals surface area contributed by atoms with Gasteiger partial charge < -0.3 is 4.74 Å². The molecule has 5 rings (SSSR count). The third-order valence-electron chi connectivity index (χ3n) is 10.2. The number of carbonyl (C=O) groups is 2. The quantitative estimate of drug-likeness (QED) is 0.137. The van der Waals surface area contributed by atoms with Crippen LogP contribution in [0.1, 0.15) is 126 Å². The summed E-state index contributed by atoms with van der Waals surface area (Å²) >= 11 is -2.35. The van der Waals surface area contributed by atoms with Gasteiger partial charge in [0.2, 0.25) is 0 Å². The Morgan fingerprint density at radius 3 is 1.57 bits per heavy atom. The smallest absolute Gasteiger partial charge is 0.338 e. The largest absolute Gasteiger partial charge is 0.462 e. The molecule has 0 saturated heterocycles. The Balaban J connectivity index is 0.000000243. The van der Waals surface area contributed by atoms with E-state index in [0.717, 1.165) is 5.92 Å². The number of benzene rings is 2. The summed E-state index contributed by atoms with van der Waals surface area (Å²) in [6, 6.07) is 16.4. The van der Waals surface area contributed by atoms with Gasteiger partial charge in [-0.05, 0) is 60.3 Å². The second-order valence-corrected chi connectivity index (χ2v) is 26.6. The van der Waals surface area contributed by atoms with Gasteiger partial charge in [0, 0.05) is 0 Å². The van der Waals surface area contributed by atoms with E-state index >= 15 is 0 Å². The molecule has 0 radical (unpaired) electrons. The van der Waals surface area contributed by atoms with Gasteiger partial charge in [-0.15, -0.1) is 0 Å². The zero-order valence-electron chi connectivity index (χ0n) is 28.7. The molecule has 0 spiro atoms. The molecule has 242 valence electrons. The van der Waals surface area contributed by atoms with Crippen LogP contribution in [0.25, 0.3) is 5.57 Å². The van der Waals surface area contributed by atoms with E-state index in [1.165, 1.54) is 75.8 Å². The molecule has 0 aliphatic heterocycles. The van der Waals surface area contributed by atoms with Crippen LogP contribution in [-0.4, -0.2) is 43.5 Å². The summed E-state index contributed by atoms with van der Waals surface area (Å²) in [6.45, 7) is 16.2. The average Bonchev–Trinajstić information content (AvgIpc) is 3.05. The van der Waals surface area contributed by atoms with Gasteiger partial charge in [-0.25, -0.2) is 4.79 Å². The molecule has 3 aliphatic carbocycles. The van der Waals surface area contributed by atoms with E-state index in [2.05, 4.69) is 65.0 Å². The molecule has 2 bridgehead atoms. The molecule has 0 N–H and O–H groups in total. The van der Waals surface area contributed by atoms with E-state index < -0.39 is 18.4 Å². The molecule has 2 aromatic rings. The van der Waals surface area contributed by atoms with E-state index in [-0.39, 0.29) is 11.9 Å². The Morgan fingerprint density at radius 2 is 1.18 bits per heavy atom. The van der Waals surface area contributed by atoms with Crippen LogP contribution < -0.4 is 3.58 Å². The molecule has 3 aliphatic rings. The van der Waals surface area contributed by atoms with E-state index in [9.17, 15) is 9.59 Å². The SMILES string of the molecule is CCC[CH2][Sn]([CH2]CCC)([CH2]CCC)[c]1ccc(C(=O)OCC)cc1.CCOC(=O)c1ccc(C2=CCC3CC2C3(C)C)cc1. The van der Waals surface area contributed by atoms with Crippen molar-refractivity contribution in [3.05, 3.63) is 71.3 Å². The first-order chi connectivity index (χ1) is 21.2. The zero-order valence-corrected chi connectivity index (χ0v) is 31.5. The normalized spacial score (nSPS) is 18.3. The molecule has 1 fully saturated rings. The van der Waals surface area contributed by atoms with E-state index in [4.69, 9.17) is 9.47 Å². The van der Waals surface area contributed by atoms with Gasteiger partial charge in [0.05, 0.1) is 12.2 Å². The minimum absolute atomic E-state index is 0.194. The van der Waals surface area contributed by atoms with Gasteiger partial charge in [0.25, 0.3) is 0 Å². The number of rotatable bonds is 15. The maximum Gasteiger partial charge on any atom is 0.338 e. The van der Waals surface area contributed by atoms with Gasteiger partial charge in [-0.2, -0.15) is 0 Å². The summed E-state index contributed by atoms with van der Waals surface area (Å²) in [7, 11) is 0. The molecule has 2 unspecified atom stereocenters. The summed E-state index contributed by atoms with van der Waals surface area (Å²) < 4.78 is 16.2. The number of hydrogen-bond donors (Lipinski definition) is 0. The molecule has 1 saturated carbocycles. The van der Waals surface area contributed by atoms with Crippen LogP contribution in [-0.2, 0) is 9.47 Å². The Morgan fingerprint density at radius 1 is 0.727 bits per heavy atom. The Kier molecular flexibility index (Phi) is 14.5. The van der Waals surface area contributed by atoms with Gasteiger partial charge in [-0.3, -0.25) is 0 Å². The molecule has 0 aromatic heterocycles. The van der Waals surface area contributed by atoms with Crippen molar-refractivity contribution >= 4 is 39.5 Å². The molecular weight excluding hydrogens is 651 g/mol. The van der Waals surface area contributed by atoms with Crippen LogP contribution in [0.4, 0.5) is 0 Å². The summed E-state index contributed by atoms with van der Waals surface area (Å²) in [5, 5.41) is 0. The van der Waals surface area contributed by atoms with Crippen molar-refractivity contribution < 1.29 is 19.1 Å². The Labute approximate surface area is 272 Å². The zero-order chi connectivity index (χ0) is 32.2. The molecule has 4 nitrogen and oxygen atoms in total. The molecule has 0 amide bonds. The fraction of sp³-hybridized carbons (Fsp3) is 0.590. The molecule has 2 atom stereocenters. The van der Waals surface area contributed by atoms with Crippen molar-refractivity contribution in [1.82, 2.24) is 0 Å². The maximum absolute atomic E-state index is 11.9. The average molecular weight is 710 g/mol. The van der Waals surface area contributed by atoms with Gasteiger partial charge in [0.15, 0.2) is 0 Å². The van der Waals surface area contributed by atoms with Gasteiger partial charge >= 0.3 is 159 Å². The number of carbonyl (C=O) groups excluding carboxylic acids is 2. The minimum atomic E-state index is -2.35. The molecule has 0 heterocycles. The molecule has 44 heavy (non-hydrogen) atoms. The minimum Gasteiger partial charge on any atom is -0.462 e. The van der Waals surface area contributed by atoms with Gasteiger partial charge in [0.1, 0.15) is 0 Å². The van der Waals surface area contributed by atoms with Crippen molar-refractivity contribution in [1.29, 1.82) is 0 Å². The van der Waals surface area contributed by atoms with Crippen molar-refractivity contribution in [2.24, 2.45) is 17.3 Å². The van der Waals surface area contributed by atoms with Crippen molar-refractivity contribution in [3.63, 3.8) is 0 Å². The number of unbranched alkanes of at least 4 members (excludes halogenated alkanes) is 3. The molecule has 5 heteroatoms. The third-order valence-corrected chi connectivity index (χ3v) is 25.9. The first kappa shape index (κ1) is 36.4. The van der Waals surface area contributed by atoms with Crippen molar-refractivity contribution in [2.45, 2.75) is 113 Å².